The van der Waals surface area contributed by atoms with Crippen LogP contribution in [0.3, 0.4) is 0 Å². The Kier molecular flexibility index (Phi) is 10.3. The second-order valence-electron chi connectivity index (χ2n) is 13.9. The highest BCUT2D eigenvalue weighted by molar-refractivity contribution is 5.93. The van der Waals surface area contributed by atoms with E-state index in [1.807, 2.05) is 59.5 Å². The lowest BCUT2D eigenvalue weighted by Crippen LogP contribution is -2.60. The molecule has 1 saturated heterocycles. The molecular formula is C38H47N5O4. The maximum atomic E-state index is 14.1. The molecule has 0 spiro atoms. The van der Waals surface area contributed by atoms with Gasteiger partial charge in [0.25, 0.3) is 0 Å². The molecule has 248 valence electrons. The number of ether oxygens (including phenoxy) is 1. The highest BCUT2D eigenvalue weighted by Gasteiger charge is 2.36. The zero-order valence-corrected chi connectivity index (χ0v) is 28.2. The second kappa shape index (κ2) is 14.4. The third-order valence-corrected chi connectivity index (χ3v) is 8.55. The lowest BCUT2D eigenvalue weighted by atomic mass is 9.98. The number of piperidine rings is 1. The smallest absolute Gasteiger partial charge is 0.408 e. The second-order valence-corrected chi connectivity index (χ2v) is 13.9. The fourth-order valence-corrected chi connectivity index (χ4v) is 6.14. The zero-order valence-electron chi connectivity index (χ0n) is 28.2. The van der Waals surface area contributed by atoms with Gasteiger partial charge in [0.05, 0.1) is 11.0 Å². The topological polar surface area (TPSA) is 106 Å². The van der Waals surface area contributed by atoms with Crippen LogP contribution in [0.15, 0.2) is 84.9 Å². The van der Waals surface area contributed by atoms with Crippen molar-refractivity contribution in [1.29, 1.82) is 0 Å². The Hall–Kier alpha value is -4.66. The number of hydrogen-bond donors (Lipinski definition) is 2. The SMILES string of the molecule is CC(C)(C)OC(=O)NC(C)(C)C(=O)NC(CCCc1ccccc1)C(=O)N1CCC(n2c(-c3ccccc3)nc3ccccc32)CC1. The summed E-state index contributed by atoms with van der Waals surface area (Å²) in [5.74, 6) is 0.396. The van der Waals surface area contributed by atoms with Crippen molar-refractivity contribution in [3.8, 4) is 11.4 Å². The molecule has 2 heterocycles. The predicted octanol–water partition coefficient (Wildman–Crippen LogP) is 6.68. The molecule has 1 aliphatic heterocycles. The molecule has 2 N–H and O–H groups in total. The first-order valence-corrected chi connectivity index (χ1v) is 16.6. The standard InChI is InChI=1S/C38H47N5O4/c1-37(2,3)47-36(46)41-38(4,5)35(45)40-31(21-14-17-27-15-8-6-9-16-27)34(44)42-25-23-29(24-26-42)43-32-22-13-12-20-30(32)39-33(43)28-18-10-7-11-19-28/h6-13,15-16,18-20,22,29,31H,14,17,21,23-26H2,1-5H3,(H,40,45)(H,41,46). The minimum Gasteiger partial charge on any atom is -0.444 e. The number of nitrogens with zero attached hydrogens (tertiary/aromatic N) is 3. The third kappa shape index (κ3) is 8.58. The first-order valence-electron chi connectivity index (χ1n) is 16.6. The molecule has 3 aromatic carbocycles. The Morgan fingerprint density at radius 2 is 1.49 bits per heavy atom. The summed E-state index contributed by atoms with van der Waals surface area (Å²) in [5, 5.41) is 5.65. The van der Waals surface area contributed by atoms with Crippen molar-refractivity contribution in [2.75, 3.05) is 13.1 Å². The molecule has 0 radical (unpaired) electrons. The number of para-hydroxylation sites is 2. The van der Waals surface area contributed by atoms with Gasteiger partial charge in [-0.3, -0.25) is 9.59 Å². The van der Waals surface area contributed by atoms with E-state index in [4.69, 9.17) is 9.72 Å². The number of nitrogens with one attached hydrogen (secondary N) is 2. The van der Waals surface area contributed by atoms with E-state index in [0.717, 1.165) is 48.1 Å². The van der Waals surface area contributed by atoms with Crippen molar-refractivity contribution < 1.29 is 19.1 Å². The average molecular weight is 638 g/mol. The van der Waals surface area contributed by atoms with Gasteiger partial charge < -0.3 is 24.8 Å². The highest BCUT2D eigenvalue weighted by Crippen LogP contribution is 2.33. The molecule has 5 rings (SSSR count). The minimum atomic E-state index is -1.29. The lowest BCUT2D eigenvalue weighted by Gasteiger charge is -2.36. The zero-order chi connectivity index (χ0) is 33.6. The van der Waals surface area contributed by atoms with E-state index in [1.54, 1.807) is 34.6 Å². The fraction of sp³-hybridized carbons (Fsp3) is 0.421. The van der Waals surface area contributed by atoms with Crippen LogP contribution in [0.5, 0.6) is 0 Å². The number of carbonyl (C=O) groups excluding carboxylic acids is 3. The predicted molar refractivity (Wildman–Crippen MR) is 185 cm³/mol. The molecule has 9 nitrogen and oxygen atoms in total. The Morgan fingerprint density at radius 3 is 2.15 bits per heavy atom. The van der Waals surface area contributed by atoms with Gasteiger partial charge in [0.2, 0.25) is 11.8 Å². The van der Waals surface area contributed by atoms with E-state index >= 15 is 0 Å². The molecule has 0 bridgehead atoms. The summed E-state index contributed by atoms with van der Waals surface area (Å²) in [6, 6.07) is 28.0. The van der Waals surface area contributed by atoms with Crippen LogP contribution in [-0.2, 0) is 20.7 Å². The van der Waals surface area contributed by atoms with Crippen molar-refractivity contribution in [3.63, 3.8) is 0 Å². The first-order chi connectivity index (χ1) is 22.4. The van der Waals surface area contributed by atoms with Crippen molar-refractivity contribution in [3.05, 3.63) is 90.5 Å². The number of benzene rings is 3. The monoisotopic (exact) mass is 637 g/mol. The van der Waals surface area contributed by atoms with Gasteiger partial charge in [0.15, 0.2) is 0 Å². The van der Waals surface area contributed by atoms with Gasteiger partial charge in [-0.2, -0.15) is 0 Å². The summed E-state index contributed by atoms with van der Waals surface area (Å²) in [6.45, 7) is 9.65. The highest BCUT2D eigenvalue weighted by atomic mass is 16.6. The van der Waals surface area contributed by atoms with Gasteiger partial charge in [-0.1, -0.05) is 72.8 Å². The van der Waals surface area contributed by atoms with Crippen LogP contribution < -0.4 is 10.6 Å². The van der Waals surface area contributed by atoms with Crippen LogP contribution in [0.1, 0.15) is 71.9 Å². The van der Waals surface area contributed by atoms with Crippen molar-refractivity contribution in [2.45, 2.75) is 89.9 Å². The summed E-state index contributed by atoms with van der Waals surface area (Å²) in [4.78, 5) is 47.0. The van der Waals surface area contributed by atoms with E-state index in [-0.39, 0.29) is 11.9 Å². The molecule has 1 fully saturated rings. The Labute approximate surface area is 277 Å². The van der Waals surface area contributed by atoms with E-state index in [1.165, 1.54) is 5.56 Å². The van der Waals surface area contributed by atoms with Gasteiger partial charge in [-0.25, -0.2) is 9.78 Å². The van der Waals surface area contributed by atoms with E-state index in [0.29, 0.717) is 19.5 Å². The van der Waals surface area contributed by atoms with Crippen LogP contribution in [-0.4, -0.2) is 62.6 Å². The molecule has 1 aromatic heterocycles. The average Bonchev–Trinajstić information content (AvgIpc) is 3.43. The van der Waals surface area contributed by atoms with Crippen LogP contribution in [0.25, 0.3) is 22.4 Å². The Morgan fingerprint density at radius 1 is 0.872 bits per heavy atom. The van der Waals surface area contributed by atoms with Crippen molar-refractivity contribution >= 4 is 28.9 Å². The first kappa shape index (κ1) is 33.7. The summed E-state index contributed by atoms with van der Waals surface area (Å²) >= 11 is 0. The largest absolute Gasteiger partial charge is 0.444 e. The summed E-state index contributed by atoms with van der Waals surface area (Å²) in [7, 11) is 0. The molecule has 1 unspecified atom stereocenters. The van der Waals surface area contributed by atoms with Gasteiger partial charge in [-0.05, 0) is 84.4 Å². The Balaban J connectivity index is 1.30. The molecule has 4 aromatic rings. The summed E-state index contributed by atoms with van der Waals surface area (Å²) in [5.41, 5.74) is 2.29. The molecule has 9 heteroatoms. The number of amides is 3. The molecule has 0 aliphatic carbocycles. The fourth-order valence-electron chi connectivity index (χ4n) is 6.14. The van der Waals surface area contributed by atoms with Gasteiger partial charge >= 0.3 is 6.09 Å². The molecular weight excluding hydrogens is 590 g/mol. The quantitative estimate of drug-likeness (QED) is 0.202. The number of alkyl carbamates (subject to hydrolysis) is 1. The molecule has 3 amide bonds. The number of carbonyl (C=O) groups is 3. The lowest BCUT2D eigenvalue weighted by molar-refractivity contribution is -0.139. The van der Waals surface area contributed by atoms with E-state index < -0.39 is 29.2 Å². The maximum Gasteiger partial charge on any atom is 0.408 e. The van der Waals surface area contributed by atoms with Crippen LogP contribution in [0.4, 0.5) is 4.79 Å². The number of likely N-dealkylation sites (tertiary alicyclic amines) is 1. The van der Waals surface area contributed by atoms with Crippen molar-refractivity contribution in [2.24, 2.45) is 0 Å². The van der Waals surface area contributed by atoms with Gasteiger partial charge in [-0.15, -0.1) is 0 Å². The van der Waals surface area contributed by atoms with E-state index in [2.05, 4.69) is 45.5 Å². The van der Waals surface area contributed by atoms with E-state index in [9.17, 15) is 14.4 Å². The molecule has 1 aliphatic rings. The normalized spacial score (nSPS) is 14.9. The molecule has 1 atom stereocenters. The number of aromatic nitrogens is 2. The Bertz CT molecular complexity index is 1670. The number of rotatable bonds is 10. The van der Waals surface area contributed by atoms with Gasteiger partial charge in [0, 0.05) is 24.7 Å². The van der Waals surface area contributed by atoms with Crippen LogP contribution in [0, 0.1) is 0 Å². The molecule has 0 saturated carbocycles. The number of hydrogen-bond acceptors (Lipinski definition) is 5. The van der Waals surface area contributed by atoms with Crippen LogP contribution >= 0.6 is 0 Å². The number of fused-ring (bicyclic) bond motifs is 1. The summed E-state index contributed by atoms with van der Waals surface area (Å²) in [6.07, 6.45) is 2.83. The number of imidazole rings is 1. The third-order valence-electron chi connectivity index (χ3n) is 8.55. The van der Waals surface area contributed by atoms with Crippen LogP contribution in [0.2, 0.25) is 0 Å². The van der Waals surface area contributed by atoms with Gasteiger partial charge in [0.1, 0.15) is 23.0 Å². The van der Waals surface area contributed by atoms with Crippen molar-refractivity contribution in [1.82, 2.24) is 25.1 Å². The minimum absolute atomic E-state index is 0.100. The maximum absolute atomic E-state index is 14.1. The number of aryl methyl sites for hydroxylation is 1. The summed E-state index contributed by atoms with van der Waals surface area (Å²) < 4.78 is 7.71. The molecule has 47 heavy (non-hydrogen) atoms.